The van der Waals surface area contributed by atoms with Crippen molar-refractivity contribution in [2.24, 2.45) is 11.1 Å². The smallest absolute Gasteiger partial charge is 0.231 e. The molecule has 3 N–H and O–H groups in total. The fourth-order valence-electron chi connectivity index (χ4n) is 1.41. The number of amides is 1. The van der Waals surface area contributed by atoms with Crippen LogP contribution in [0.3, 0.4) is 0 Å². The molecule has 1 amide bonds. The Morgan fingerprint density at radius 3 is 2.61 bits per heavy atom. The summed E-state index contributed by atoms with van der Waals surface area (Å²) >= 11 is 11.7. The fraction of sp³-hybridized carbons (Fsp3) is 0.500. The first-order chi connectivity index (χ1) is 8.34. The maximum Gasteiger partial charge on any atom is 0.231 e. The van der Waals surface area contributed by atoms with Gasteiger partial charge in [-0.1, -0.05) is 30.1 Å². The summed E-state index contributed by atoms with van der Waals surface area (Å²) in [5, 5.41) is 3.26. The molecular weight excluding hydrogens is 273 g/mol. The lowest BCUT2D eigenvalue weighted by Crippen LogP contribution is -2.39. The van der Waals surface area contributed by atoms with E-state index in [4.69, 9.17) is 28.9 Å². The zero-order chi connectivity index (χ0) is 13.9. The van der Waals surface area contributed by atoms with Crippen molar-refractivity contribution in [2.45, 2.75) is 27.2 Å². The summed E-state index contributed by atoms with van der Waals surface area (Å²) in [5.74, 6) is -0.165. The van der Waals surface area contributed by atoms with Crippen LogP contribution in [0.1, 0.15) is 25.8 Å². The van der Waals surface area contributed by atoms with E-state index in [0.717, 1.165) is 5.56 Å². The summed E-state index contributed by atoms with van der Waals surface area (Å²) in [4.78, 5) is 16.1. The van der Waals surface area contributed by atoms with Crippen LogP contribution in [0.4, 0.5) is 5.69 Å². The van der Waals surface area contributed by atoms with E-state index in [1.54, 1.807) is 13.0 Å². The molecule has 100 valence electrons. The lowest BCUT2D eigenvalue weighted by molar-refractivity contribution is -0.124. The van der Waals surface area contributed by atoms with Crippen LogP contribution >= 0.6 is 23.2 Å². The van der Waals surface area contributed by atoms with Gasteiger partial charge in [-0.2, -0.15) is 0 Å². The zero-order valence-corrected chi connectivity index (χ0v) is 12.2. The van der Waals surface area contributed by atoms with Crippen molar-refractivity contribution in [1.82, 2.24) is 4.98 Å². The molecule has 0 saturated carbocycles. The highest BCUT2D eigenvalue weighted by Gasteiger charge is 2.30. The van der Waals surface area contributed by atoms with Crippen molar-refractivity contribution < 1.29 is 4.79 Å². The molecule has 1 rings (SSSR count). The van der Waals surface area contributed by atoms with Crippen LogP contribution in [-0.4, -0.2) is 17.4 Å². The molecular formula is C12H17Cl2N3O. The monoisotopic (exact) mass is 289 g/mol. The Kier molecular flexibility index (Phi) is 4.96. The number of aromatic nitrogens is 1. The number of nitrogens with two attached hydrogens (primary N) is 1. The normalized spacial score (nSPS) is 14.1. The molecule has 0 aliphatic heterocycles. The number of aryl methyl sites for hydroxylation is 1. The van der Waals surface area contributed by atoms with E-state index in [1.165, 1.54) is 0 Å². The van der Waals surface area contributed by atoms with Gasteiger partial charge in [0.1, 0.15) is 5.15 Å². The predicted molar refractivity (Wildman–Crippen MR) is 75.1 cm³/mol. The van der Waals surface area contributed by atoms with Gasteiger partial charge in [0.05, 0.1) is 11.1 Å². The van der Waals surface area contributed by atoms with Gasteiger partial charge in [0.2, 0.25) is 5.91 Å². The Labute approximate surface area is 117 Å². The number of anilines is 1. The molecule has 0 fully saturated rings. The largest absolute Gasteiger partial charge is 0.329 e. The second-order valence-corrected chi connectivity index (χ2v) is 5.25. The van der Waals surface area contributed by atoms with Gasteiger partial charge >= 0.3 is 0 Å². The Hall–Kier alpha value is -0.840. The molecule has 1 unspecified atom stereocenters. The van der Waals surface area contributed by atoms with Crippen molar-refractivity contribution in [3.63, 3.8) is 0 Å². The quantitative estimate of drug-likeness (QED) is 0.837. The summed E-state index contributed by atoms with van der Waals surface area (Å²) < 4.78 is 0. The van der Waals surface area contributed by atoms with Gasteiger partial charge in [0.25, 0.3) is 0 Å². The van der Waals surface area contributed by atoms with Crippen LogP contribution in [0.25, 0.3) is 0 Å². The van der Waals surface area contributed by atoms with Gasteiger partial charge in [-0.3, -0.25) is 4.79 Å². The van der Waals surface area contributed by atoms with Gasteiger partial charge in [-0.25, -0.2) is 4.98 Å². The van der Waals surface area contributed by atoms with Crippen molar-refractivity contribution in [3.8, 4) is 0 Å². The minimum Gasteiger partial charge on any atom is -0.329 e. The number of hydrogen-bond acceptors (Lipinski definition) is 3. The average molecular weight is 290 g/mol. The van der Waals surface area contributed by atoms with E-state index in [-0.39, 0.29) is 17.6 Å². The summed E-state index contributed by atoms with van der Waals surface area (Å²) in [7, 11) is 0. The first-order valence-corrected chi connectivity index (χ1v) is 6.44. The van der Waals surface area contributed by atoms with E-state index < -0.39 is 5.41 Å². The fourth-order valence-corrected chi connectivity index (χ4v) is 1.99. The molecule has 0 bridgehead atoms. The maximum atomic E-state index is 12.2. The maximum absolute atomic E-state index is 12.2. The summed E-state index contributed by atoms with van der Waals surface area (Å²) in [6.07, 6.45) is 0.646. The van der Waals surface area contributed by atoms with Crippen LogP contribution in [0, 0.1) is 12.3 Å². The van der Waals surface area contributed by atoms with Crippen molar-refractivity contribution in [1.29, 1.82) is 0 Å². The number of carbonyl (C=O) groups excluding carboxylic acids is 1. The van der Waals surface area contributed by atoms with Gasteiger partial charge in [-0.05, 0) is 31.9 Å². The predicted octanol–water partition coefficient (Wildman–Crippen LogP) is 3.01. The SMILES string of the molecule is CCC(C)(CN)C(=O)Nc1c(C)cc(Cl)nc1Cl. The highest BCUT2D eigenvalue weighted by Crippen LogP contribution is 2.29. The van der Waals surface area contributed by atoms with Crippen LogP contribution in [0.2, 0.25) is 10.3 Å². The second-order valence-electron chi connectivity index (χ2n) is 4.50. The third-order valence-corrected chi connectivity index (χ3v) is 3.63. The topological polar surface area (TPSA) is 68.0 Å². The number of nitrogens with zero attached hydrogens (tertiary/aromatic N) is 1. The van der Waals surface area contributed by atoms with Crippen molar-refractivity contribution in [3.05, 3.63) is 21.9 Å². The summed E-state index contributed by atoms with van der Waals surface area (Å²) in [5.41, 5.74) is 6.28. The third-order valence-electron chi connectivity index (χ3n) is 3.16. The van der Waals surface area contributed by atoms with Crippen LogP contribution in [0.15, 0.2) is 6.07 Å². The molecule has 1 aromatic rings. The molecule has 0 radical (unpaired) electrons. The van der Waals surface area contributed by atoms with Crippen LogP contribution in [0.5, 0.6) is 0 Å². The molecule has 4 nitrogen and oxygen atoms in total. The molecule has 0 spiro atoms. The van der Waals surface area contributed by atoms with Crippen molar-refractivity contribution in [2.75, 3.05) is 11.9 Å². The first-order valence-electron chi connectivity index (χ1n) is 5.68. The Morgan fingerprint density at radius 2 is 2.17 bits per heavy atom. The standard InChI is InChI=1S/C12H17Cl2N3O/c1-4-12(3,6-15)11(18)17-9-7(2)5-8(13)16-10(9)14/h5H,4,6,15H2,1-3H3,(H,17,18). The lowest BCUT2D eigenvalue weighted by atomic mass is 9.86. The number of carbonyl (C=O) groups is 1. The minimum absolute atomic E-state index is 0.165. The Bertz CT molecular complexity index is 436. The van der Waals surface area contributed by atoms with Gasteiger partial charge < -0.3 is 11.1 Å². The van der Waals surface area contributed by atoms with E-state index in [2.05, 4.69) is 10.3 Å². The lowest BCUT2D eigenvalue weighted by Gasteiger charge is -2.25. The number of hydrogen-bond donors (Lipinski definition) is 2. The molecule has 6 heteroatoms. The zero-order valence-electron chi connectivity index (χ0n) is 10.7. The van der Waals surface area contributed by atoms with Crippen molar-refractivity contribution >= 4 is 34.8 Å². The molecule has 0 saturated heterocycles. The molecule has 0 aliphatic rings. The van der Waals surface area contributed by atoms with Gasteiger partial charge in [0.15, 0.2) is 5.15 Å². The number of pyridine rings is 1. The highest BCUT2D eigenvalue weighted by atomic mass is 35.5. The minimum atomic E-state index is -0.616. The van der Waals surface area contributed by atoms with E-state index in [1.807, 2.05) is 13.8 Å². The Balaban J connectivity index is 3.02. The van der Waals surface area contributed by atoms with Crippen LogP contribution in [-0.2, 0) is 4.79 Å². The van der Waals surface area contributed by atoms with Gasteiger partial charge in [-0.15, -0.1) is 0 Å². The van der Waals surface area contributed by atoms with E-state index >= 15 is 0 Å². The van der Waals surface area contributed by atoms with E-state index in [0.29, 0.717) is 17.3 Å². The molecule has 1 atom stereocenters. The molecule has 1 aromatic heterocycles. The number of halogens is 2. The number of rotatable bonds is 4. The summed E-state index contributed by atoms with van der Waals surface area (Å²) in [6.45, 7) is 5.81. The molecule has 0 aliphatic carbocycles. The highest BCUT2D eigenvalue weighted by molar-refractivity contribution is 6.34. The number of nitrogens with one attached hydrogen (secondary N) is 1. The molecule has 1 heterocycles. The first kappa shape index (κ1) is 15.2. The molecule has 18 heavy (non-hydrogen) atoms. The van der Waals surface area contributed by atoms with Crippen LogP contribution < -0.4 is 11.1 Å². The third kappa shape index (κ3) is 3.13. The van der Waals surface area contributed by atoms with E-state index in [9.17, 15) is 4.79 Å². The molecule has 0 aromatic carbocycles. The summed E-state index contributed by atoms with van der Waals surface area (Å²) in [6, 6.07) is 1.65. The van der Waals surface area contributed by atoms with Gasteiger partial charge in [0, 0.05) is 6.54 Å². The second kappa shape index (κ2) is 5.87. The Morgan fingerprint density at radius 1 is 1.56 bits per heavy atom. The average Bonchev–Trinajstić information content (AvgIpc) is 2.32.